The number of imidazole rings is 1. The Labute approximate surface area is 164 Å². The first kappa shape index (κ1) is 17.9. The maximum atomic E-state index is 8.55. The van der Waals surface area contributed by atoms with Crippen molar-refractivity contribution in [1.82, 2.24) is 9.13 Å². The number of aromatic nitrogens is 2. The Bertz CT molecular complexity index is 1130. The number of para-hydroxylation sites is 3. The SMILES string of the molecule is Cc1ccccc1-n1ccn(CCc2ccccc2Oc2ccccc2)c1=N. The van der Waals surface area contributed by atoms with Crippen LogP contribution in [0.15, 0.2) is 91.3 Å². The second kappa shape index (κ2) is 8.01. The smallest absolute Gasteiger partial charge is 0.206 e. The number of hydrogen-bond donors (Lipinski definition) is 1. The Kier molecular flexibility index (Phi) is 5.11. The second-order valence-corrected chi connectivity index (χ2v) is 6.74. The van der Waals surface area contributed by atoms with E-state index in [1.54, 1.807) is 0 Å². The van der Waals surface area contributed by atoms with Crippen LogP contribution in [0, 0.1) is 12.3 Å². The molecule has 4 nitrogen and oxygen atoms in total. The highest BCUT2D eigenvalue weighted by Crippen LogP contribution is 2.25. The summed E-state index contributed by atoms with van der Waals surface area (Å²) in [7, 11) is 0. The van der Waals surface area contributed by atoms with Gasteiger partial charge in [-0.2, -0.15) is 0 Å². The molecule has 1 N–H and O–H groups in total. The van der Waals surface area contributed by atoms with Crippen LogP contribution in [-0.4, -0.2) is 9.13 Å². The number of benzene rings is 3. The van der Waals surface area contributed by atoms with E-state index in [2.05, 4.69) is 19.1 Å². The summed E-state index contributed by atoms with van der Waals surface area (Å²) in [5.41, 5.74) is 3.79. The minimum absolute atomic E-state index is 0.468. The Hall–Kier alpha value is -3.53. The number of hydrogen-bond acceptors (Lipinski definition) is 2. The van der Waals surface area contributed by atoms with Crippen molar-refractivity contribution >= 4 is 0 Å². The van der Waals surface area contributed by atoms with Gasteiger partial charge in [-0.25, -0.2) is 0 Å². The van der Waals surface area contributed by atoms with Gasteiger partial charge in [0.05, 0.1) is 5.69 Å². The normalized spacial score (nSPS) is 10.8. The first-order valence-electron chi connectivity index (χ1n) is 9.41. The van der Waals surface area contributed by atoms with Gasteiger partial charge in [-0.1, -0.05) is 54.6 Å². The number of nitrogens with zero attached hydrogens (tertiary/aromatic N) is 2. The first-order chi connectivity index (χ1) is 13.7. The van der Waals surface area contributed by atoms with Gasteiger partial charge >= 0.3 is 0 Å². The molecule has 0 aliphatic rings. The molecule has 0 fully saturated rings. The van der Waals surface area contributed by atoms with Crippen LogP contribution in [0.3, 0.4) is 0 Å². The van der Waals surface area contributed by atoms with Crippen molar-refractivity contribution in [2.75, 3.05) is 0 Å². The lowest BCUT2D eigenvalue weighted by Gasteiger charge is -2.12. The van der Waals surface area contributed by atoms with Crippen molar-refractivity contribution in [1.29, 1.82) is 5.41 Å². The summed E-state index contributed by atoms with van der Waals surface area (Å²) in [6.45, 7) is 2.78. The van der Waals surface area contributed by atoms with E-state index in [1.165, 1.54) is 0 Å². The molecule has 0 saturated carbocycles. The molecule has 4 heteroatoms. The Morgan fingerprint density at radius 1 is 0.821 bits per heavy atom. The molecule has 0 radical (unpaired) electrons. The molecule has 0 atom stereocenters. The van der Waals surface area contributed by atoms with Gasteiger partial charge in [0.25, 0.3) is 0 Å². The van der Waals surface area contributed by atoms with Gasteiger partial charge in [0.1, 0.15) is 11.5 Å². The van der Waals surface area contributed by atoms with Crippen LogP contribution >= 0.6 is 0 Å². The van der Waals surface area contributed by atoms with E-state index in [4.69, 9.17) is 10.1 Å². The van der Waals surface area contributed by atoms with Crippen molar-refractivity contribution in [2.45, 2.75) is 19.9 Å². The number of rotatable bonds is 6. The molecule has 0 unspecified atom stereocenters. The van der Waals surface area contributed by atoms with E-state index in [-0.39, 0.29) is 0 Å². The topological polar surface area (TPSA) is 42.9 Å². The van der Waals surface area contributed by atoms with Crippen molar-refractivity contribution < 1.29 is 4.74 Å². The molecular formula is C24H23N3O. The molecular weight excluding hydrogens is 346 g/mol. The summed E-state index contributed by atoms with van der Waals surface area (Å²) in [5.74, 6) is 1.69. The van der Waals surface area contributed by atoms with E-state index >= 15 is 0 Å². The predicted molar refractivity (Wildman–Crippen MR) is 111 cm³/mol. The standard InChI is InChI=1S/C24H23N3O/c1-19-9-5-7-13-22(19)27-18-17-26(24(27)25)16-15-20-10-6-8-14-23(20)28-21-11-3-2-4-12-21/h2-14,17-18,25H,15-16H2,1H3. The van der Waals surface area contributed by atoms with Crippen LogP contribution in [-0.2, 0) is 13.0 Å². The Balaban J connectivity index is 1.53. The molecule has 0 aliphatic heterocycles. The molecule has 0 aliphatic carbocycles. The molecule has 0 spiro atoms. The molecule has 0 bridgehead atoms. The molecule has 4 aromatic rings. The molecule has 0 saturated heterocycles. The summed E-state index contributed by atoms with van der Waals surface area (Å²) in [6.07, 6.45) is 4.71. The summed E-state index contributed by atoms with van der Waals surface area (Å²) in [4.78, 5) is 0. The molecule has 140 valence electrons. The van der Waals surface area contributed by atoms with Gasteiger partial charge in [-0.3, -0.25) is 9.98 Å². The van der Waals surface area contributed by atoms with Gasteiger partial charge in [-0.15, -0.1) is 0 Å². The maximum absolute atomic E-state index is 8.55. The molecule has 28 heavy (non-hydrogen) atoms. The Morgan fingerprint density at radius 2 is 1.54 bits per heavy atom. The fraction of sp³-hybridized carbons (Fsp3) is 0.125. The lowest BCUT2D eigenvalue weighted by Crippen LogP contribution is -2.24. The summed E-state index contributed by atoms with van der Waals surface area (Å²) in [5, 5.41) is 8.55. The van der Waals surface area contributed by atoms with E-state index < -0.39 is 0 Å². The van der Waals surface area contributed by atoms with Crippen molar-refractivity contribution in [3.8, 4) is 17.2 Å². The van der Waals surface area contributed by atoms with Crippen LogP contribution < -0.4 is 10.4 Å². The third kappa shape index (κ3) is 3.76. The second-order valence-electron chi connectivity index (χ2n) is 6.74. The van der Waals surface area contributed by atoms with Crippen LogP contribution in [0.2, 0.25) is 0 Å². The van der Waals surface area contributed by atoms with Gasteiger partial charge in [0, 0.05) is 18.9 Å². The van der Waals surface area contributed by atoms with Crippen LogP contribution in [0.4, 0.5) is 0 Å². The van der Waals surface area contributed by atoms with Gasteiger partial charge in [0.15, 0.2) is 0 Å². The zero-order valence-electron chi connectivity index (χ0n) is 15.9. The maximum Gasteiger partial charge on any atom is 0.206 e. The van der Waals surface area contributed by atoms with Gasteiger partial charge in [-0.05, 0) is 48.7 Å². The molecule has 0 amide bonds. The lowest BCUT2D eigenvalue weighted by atomic mass is 10.1. The van der Waals surface area contributed by atoms with E-state index in [0.29, 0.717) is 12.2 Å². The lowest BCUT2D eigenvalue weighted by molar-refractivity contribution is 0.473. The fourth-order valence-corrected chi connectivity index (χ4v) is 3.30. The van der Waals surface area contributed by atoms with Crippen molar-refractivity contribution in [3.63, 3.8) is 0 Å². The molecule has 4 rings (SSSR count). The highest BCUT2D eigenvalue weighted by atomic mass is 16.5. The third-order valence-electron chi connectivity index (χ3n) is 4.84. The number of nitrogens with one attached hydrogen (secondary N) is 1. The summed E-state index contributed by atoms with van der Waals surface area (Å²) < 4.78 is 9.94. The first-order valence-corrected chi connectivity index (χ1v) is 9.41. The highest BCUT2D eigenvalue weighted by Gasteiger charge is 2.08. The zero-order chi connectivity index (χ0) is 19.3. The third-order valence-corrected chi connectivity index (χ3v) is 4.84. The summed E-state index contributed by atoms with van der Waals surface area (Å²) >= 11 is 0. The fourth-order valence-electron chi connectivity index (χ4n) is 3.30. The Morgan fingerprint density at radius 3 is 2.36 bits per heavy atom. The molecule has 3 aromatic carbocycles. The zero-order valence-corrected chi connectivity index (χ0v) is 15.9. The molecule has 1 aromatic heterocycles. The highest BCUT2D eigenvalue weighted by molar-refractivity contribution is 5.40. The van der Waals surface area contributed by atoms with Gasteiger partial charge < -0.3 is 9.30 Å². The van der Waals surface area contributed by atoms with E-state index in [1.807, 2.05) is 88.3 Å². The average Bonchev–Trinajstić information content (AvgIpc) is 3.09. The van der Waals surface area contributed by atoms with Crippen LogP contribution in [0.5, 0.6) is 11.5 Å². The summed E-state index contributed by atoms with van der Waals surface area (Å²) in [6, 6.07) is 26.0. The minimum Gasteiger partial charge on any atom is -0.457 e. The van der Waals surface area contributed by atoms with Gasteiger partial charge in [0.2, 0.25) is 5.62 Å². The minimum atomic E-state index is 0.468. The molecule has 1 heterocycles. The predicted octanol–water partition coefficient (Wildman–Crippen LogP) is 5.10. The monoisotopic (exact) mass is 369 g/mol. The van der Waals surface area contributed by atoms with Crippen molar-refractivity contribution in [3.05, 3.63) is 108 Å². The van der Waals surface area contributed by atoms with Crippen molar-refractivity contribution in [2.24, 2.45) is 0 Å². The van der Waals surface area contributed by atoms with E-state index in [0.717, 1.165) is 34.7 Å². The number of ether oxygens (including phenoxy) is 1. The van der Waals surface area contributed by atoms with E-state index in [9.17, 15) is 0 Å². The van der Waals surface area contributed by atoms with Crippen LogP contribution in [0.1, 0.15) is 11.1 Å². The average molecular weight is 369 g/mol. The quantitative estimate of drug-likeness (QED) is 0.505. The number of aryl methyl sites for hydroxylation is 3. The van der Waals surface area contributed by atoms with Crippen LogP contribution in [0.25, 0.3) is 5.69 Å². The largest absolute Gasteiger partial charge is 0.457 e.